The molecule has 0 aromatic heterocycles. The monoisotopic (exact) mass is 544 g/mol. The first-order valence-corrected chi connectivity index (χ1v) is 14.0. The molecule has 0 atom stereocenters. The molecule has 0 amide bonds. The Labute approximate surface area is 235 Å². The molecule has 0 bridgehead atoms. The van der Waals surface area contributed by atoms with Gasteiger partial charge in [0.25, 0.3) is 0 Å². The molecule has 2 heterocycles. The fourth-order valence-electron chi connectivity index (χ4n) is 6.23. The van der Waals surface area contributed by atoms with E-state index in [0.717, 1.165) is 54.6 Å². The molecule has 6 heteroatoms. The summed E-state index contributed by atoms with van der Waals surface area (Å²) in [5, 5.41) is 0. The molecular weight excluding hydrogens is 503 g/mol. The SMILES string of the molecule is Cl.Cl.O=C(CCCN1CCCCC1)c1ccc2c(c1)Cc1cccc(C(=O)CCCN3CCCCC3)c1-2. The van der Waals surface area contributed by atoms with Crippen molar-refractivity contribution in [3.05, 3.63) is 58.7 Å². The molecule has 0 unspecified atom stereocenters. The zero-order valence-electron chi connectivity index (χ0n) is 22.0. The van der Waals surface area contributed by atoms with Gasteiger partial charge in [-0.05, 0) is 113 Å². The van der Waals surface area contributed by atoms with Crippen LogP contribution in [0.15, 0.2) is 36.4 Å². The molecule has 1 aliphatic carbocycles. The number of piperidine rings is 2. The molecule has 0 radical (unpaired) electrons. The van der Waals surface area contributed by atoms with Gasteiger partial charge in [-0.25, -0.2) is 0 Å². The van der Waals surface area contributed by atoms with Gasteiger partial charge in [0.05, 0.1) is 0 Å². The lowest BCUT2D eigenvalue weighted by Crippen LogP contribution is -2.30. The van der Waals surface area contributed by atoms with Crippen molar-refractivity contribution in [2.24, 2.45) is 0 Å². The van der Waals surface area contributed by atoms with Gasteiger partial charge in [0.15, 0.2) is 11.6 Å². The number of nitrogens with zero attached hydrogens (tertiary/aromatic N) is 2. The normalized spacial score (nSPS) is 17.3. The first kappa shape index (κ1) is 29.8. The number of halogens is 2. The molecule has 0 spiro atoms. The Bertz CT molecular complexity index is 1060. The van der Waals surface area contributed by atoms with Gasteiger partial charge < -0.3 is 9.80 Å². The van der Waals surface area contributed by atoms with Gasteiger partial charge in [-0.15, -0.1) is 24.8 Å². The quantitative estimate of drug-likeness (QED) is 0.257. The summed E-state index contributed by atoms with van der Waals surface area (Å²) >= 11 is 0. The van der Waals surface area contributed by atoms with E-state index < -0.39 is 0 Å². The second-order valence-corrected chi connectivity index (χ2v) is 10.7. The van der Waals surface area contributed by atoms with Crippen LogP contribution in [-0.4, -0.2) is 60.6 Å². The molecule has 5 rings (SSSR count). The molecule has 0 N–H and O–H groups in total. The zero-order valence-corrected chi connectivity index (χ0v) is 23.6. The van der Waals surface area contributed by atoms with E-state index in [9.17, 15) is 9.59 Å². The molecule has 202 valence electrons. The van der Waals surface area contributed by atoms with Crippen molar-refractivity contribution >= 4 is 36.4 Å². The highest BCUT2D eigenvalue weighted by atomic mass is 35.5. The molecule has 37 heavy (non-hydrogen) atoms. The van der Waals surface area contributed by atoms with Gasteiger partial charge in [-0.1, -0.05) is 43.2 Å². The molecule has 2 aromatic carbocycles. The largest absolute Gasteiger partial charge is 0.303 e. The lowest BCUT2D eigenvalue weighted by molar-refractivity contribution is 0.0965. The van der Waals surface area contributed by atoms with E-state index in [1.54, 1.807) is 0 Å². The number of hydrogen-bond acceptors (Lipinski definition) is 4. The second kappa shape index (κ2) is 14.4. The highest BCUT2D eigenvalue weighted by Gasteiger charge is 2.25. The first-order chi connectivity index (χ1) is 17.2. The number of Topliss-reactive ketones (excluding diaryl/α,β-unsaturated/α-hetero) is 2. The van der Waals surface area contributed by atoms with E-state index in [-0.39, 0.29) is 36.4 Å². The van der Waals surface area contributed by atoms with Crippen LogP contribution in [0.1, 0.15) is 96.1 Å². The summed E-state index contributed by atoms with van der Waals surface area (Å²) in [5.41, 5.74) is 6.34. The molecule has 0 saturated carbocycles. The Hall–Kier alpha value is -1.72. The van der Waals surface area contributed by atoms with E-state index in [1.807, 2.05) is 18.2 Å². The third kappa shape index (κ3) is 7.44. The van der Waals surface area contributed by atoms with Crippen LogP contribution in [0.25, 0.3) is 11.1 Å². The summed E-state index contributed by atoms with van der Waals surface area (Å²) in [7, 11) is 0. The molecule has 3 aliphatic rings. The number of fused-ring (bicyclic) bond motifs is 3. The van der Waals surface area contributed by atoms with Gasteiger partial charge in [0.1, 0.15) is 0 Å². The predicted octanol–water partition coefficient (Wildman–Crippen LogP) is 7.00. The van der Waals surface area contributed by atoms with E-state index in [4.69, 9.17) is 0 Å². The third-order valence-corrected chi connectivity index (χ3v) is 8.18. The van der Waals surface area contributed by atoms with Crippen molar-refractivity contribution in [3.8, 4) is 11.1 Å². The van der Waals surface area contributed by atoms with Gasteiger partial charge in [-0.2, -0.15) is 0 Å². The number of benzene rings is 2. The molecule has 4 nitrogen and oxygen atoms in total. The number of hydrogen-bond donors (Lipinski definition) is 0. The van der Waals surface area contributed by atoms with Crippen LogP contribution in [0, 0.1) is 0 Å². The van der Waals surface area contributed by atoms with Crippen LogP contribution in [-0.2, 0) is 6.42 Å². The van der Waals surface area contributed by atoms with Crippen molar-refractivity contribution < 1.29 is 9.59 Å². The fourth-order valence-corrected chi connectivity index (χ4v) is 6.23. The van der Waals surface area contributed by atoms with Gasteiger partial charge in [-0.3, -0.25) is 9.59 Å². The molecule has 2 aromatic rings. The number of carbonyl (C=O) groups is 2. The van der Waals surface area contributed by atoms with Crippen molar-refractivity contribution in [2.75, 3.05) is 39.3 Å². The Morgan fingerprint density at radius 2 is 1.27 bits per heavy atom. The number of carbonyl (C=O) groups excluding carboxylic acids is 2. The maximum atomic E-state index is 13.2. The predicted molar refractivity (Wildman–Crippen MR) is 157 cm³/mol. The van der Waals surface area contributed by atoms with Crippen LogP contribution in [0.3, 0.4) is 0 Å². The Morgan fingerprint density at radius 3 is 1.89 bits per heavy atom. The Balaban J connectivity index is 0.00000190. The van der Waals surface area contributed by atoms with Crippen molar-refractivity contribution in [1.82, 2.24) is 9.80 Å². The van der Waals surface area contributed by atoms with Crippen molar-refractivity contribution in [3.63, 3.8) is 0 Å². The van der Waals surface area contributed by atoms with Crippen molar-refractivity contribution in [1.29, 1.82) is 0 Å². The van der Waals surface area contributed by atoms with Gasteiger partial charge in [0, 0.05) is 24.0 Å². The minimum Gasteiger partial charge on any atom is -0.303 e. The zero-order chi connectivity index (χ0) is 24.0. The van der Waals surface area contributed by atoms with Gasteiger partial charge >= 0.3 is 0 Å². The number of ketones is 2. The average molecular weight is 546 g/mol. The van der Waals surface area contributed by atoms with E-state index in [0.29, 0.717) is 12.8 Å². The number of likely N-dealkylation sites (tertiary alicyclic amines) is 2. The van der Waals surface area contributed by atoms with Crippen LogP contribution >= 0.6 is 24.8 Å². The van der Waals surface area contributed by atoms with Crippen molar-refractivity contribution in [2.45, 2.75) is 70.6 Å². The standard InChI is InChI=1S/C31H40N2O2.2ClH/c34-29(12-8-20-32-16-3-1-4-17-32)24-14-15-27-26(22-24)23-25-10-7-11-28(31(25)27)30(35)13-9-21-33-18-5-2-6-19-33;;/h7,10-11,14-15,22H,1-6,8-9,12-13,16-21,23H2;2*1H. The van der Waals surface area contributed by atoms with Gasteiger partial charge in [0.2, 0.25) is 0 Å². The minimum atomic E-state index is 0. The summed E-state index contributed by atoms with van der Waals surface area (Å²) in [6.07, 6.45) is 11.8. The summed E-state index contributed by atoms with van der Waals surface area (Å²) in [6, 6.07) is 12.3. The van der Waals surface area contributed by atoms with Crippen LogP contribution in [0.4, 0.5) is 0 Å². The Kier molecular flexibility index (Phi) is 11.6. The molecule has 2 aliphatic heterocycles. The van der Waals surface area contributed by atoms with Crippen LogP contribution in [0.5, 0.6) is 0 Å². The number of rotatable bonds is 10. The minimum absolute atomic E-state index is 0. The molecule has 2 fully saturated rings. The molecule has 2 saturated heterocycles. The van der Waals surface area contributed by atoms with Crippen LogP contribution in [0.2, 0.25) is 0 Å². The topological polar surface area (TPSA) is 40.6 Å². The summed E-state index contributed by atoms with van der Waals surface area (Å²) in [4.78, 5) is 31.1. The van der Waals surface area contributed by atoms with E-state index in [1.165, 1.54) is 75.8 Å². The highest BCUT2D eigenvalue weighted by molar-refractivity contribution is 6.05. The smallest absolute Gasteiger partial charge is 0.163 e. The summed E-state index contributed by atoms with van der Waals surface area (Å²) < 4.78 is 0. The van der Waals surface area contributed by atoms with Crippen LogP contribution < -0.4 is 0 Å². The lowest BCUT2D eigenvalue weighted by Gasteiger charge is -2.26. The molecular formula is C31H42Cl2N2O2. The fraction of sp³-hybridized carbons (Fsp3) is 0.548. The summed E-state index contributed by atoms with van der Waals surface area (Å²) in [6.45, 7) is 6.80. The Morgan fingerprint density at radius 1 is 0.676 bits per heavy atom. The second-order valence-electron chi connectivity index (χ2n) is 10.7. The third-order valence-electron chi connectivity index (χ3n) is 8.18. The summed E-state index contributed by atoms with van der Waals surface area (Å²) in [5.74, 6) is 0.499. The average Bonchev–Trinajstić information content (AvgIpc) is 3.28. The lowest BCUT2D eigenvalue weighted by atomic mass is 9.94. The van der Waals surface area contributed by atoms with E-state index >= 15 is 0 Å². The first-order valence-electron chi connectivity index (χ1n) is 14.0. The maximum Gasteiger partial charge on any atom is 0.163 e. The maximum absolute atomic E-state index is 13.2. The van der Waals surface area contributed by atoms with E-state index in [2.05, 4.69) is 28.0 Å². The highest BCUT2D eigenvalue weighted by Crippen LogP contribution is 2.40.